The fourth-order valence-corrected chi connectivity index (χ4v) is 4.39. The Morgan fingerprint density at radius 3 is 2.48 bits per heavy atom. The highest BCUT2D eigenvalue weighted by Gasteiger charge is 2.30. The fourth-order valence-electron chi connectivity index (χ4n) is 3.11. The molecule has 3 nitrogen and oxygen atoms in total. The van der Waals surface area contributed by atoms with Crippen molar-refractivity contribution in [3.05, 3.63) is 29.8 Å². The van der Waals surface area contributed by atoms with Crippen LogP contribution in [0.2, 0.25) is 0 Å². The zero-order valence-electron chi connectivity index (χ0n) is 14.8. The number of hydrogen-bond acceptors (Lipinski definition) is 3. The van der Waals surface area contributed by atoms with Crippen LogP contribution in [-0.2, 0) is 4.79 Å². The maximum atomic E-state index is 12.5. The normalized spacial score (nSPS) is 17.5. The Hall–Kier alpha value is -1.16. The van der Waals surface area contributed by atoms with Crippen molar-refractivity contribution in [1.29, 1.82) is 0 Å². The van der Waals surface area contributed by atoms with Crippen LogP contribution in [0.4, 0.5) is 5.69 Å². The van der Waals surface area contributed by atoms with Crippen LogP contribution in [0.5, 0.6) is 0 Å². The summed E-state index contributed by atoms with van der Waals surface area (Å²) < 4.78 is 0. The first kappa shape index (κ1) is 18.2. The lowest BCUT2D eigenvalue weighted by atomic mass is 10.1. The van der Waals surface area contributed by atoms with Gasteiger partial charge >= 0.3 is 0 Å². The Morgan fingerprint density at radius 1 is 1.17 bits per heavy atom. The van der Waals surface area contributed by atoms with Crippen molar-refractivity contribution in [2.75, 3.05) is 30.3 Å². The number of unbranched alkanes of at least 4 members (excludes halogenated alkanes) is 2. The summed E-state index contributed by atoms with van der Waals surface area (Å²) in [5.41, 5.74) is 2.52. The van der Waals surface area contributed by atoms with Gasteiger partial charge in [-0.2, -0.15) is 0 Å². The van der Waals surface area contributed by atoms with E-state index in [1.807, 2.05) is 11.8 Å². The Morgan fingerprint density at radius 2 is 1.87 bits per heavy atom. The molecule has 1 unspecified atom stereocenters. The molecule has 1 saturated heterocycles. The first-order chi connectivity index (χ1) is 11.2. The minimum Gasteiger partial charge on any atom is -0.372 e. The molecular formula is C19H30N2OS. The second-order valence-electron chi connectivity index (χ2n) is 6.03. The molecule has 4 heteroatoms. The van der Waals surface area contributed by atoms with Gasteiger partial charge < -0.3 is 9.80 Å². The molecule has 1 aromatic rings. The molecule has 0 aliphatic carbocycles. The third kappa shape index (κ3) is 4.66. The lowest BCUT2D eigenvalue weighted by molar-refractivity contribution is -0.131. The molecule has 128 valence electrons. The van der Waals surface area contributed by atoms with Gasteiger partial charge in [0.2, 0.25) is 5.91 Å². The third-order valence-electron chi connectivity index (χ3n) is 4.51. The van der Waals surface area contributed by atoms with E-state index in [1.165, 1.54) is 11.3 Å². The van der Waals surface area contributed by atoms with Crippen molar-refractivity contribution >= 4 is 23.4 Å². The number of rotatable bonds is 8. The molecule has 0 spiro atoms. The molecule has 1 aromatic carbocycles. The van der Waals surface area contributed by atoms with Crippen LogP contribution in [-0.4, -0.2) is 36.2 Å². The van der Waals surface area contributed by atoms with E-state index in [0.717, 1.165) is 44.6 Å². The zero-order chi connectivity index (χ0) is 16.7. The first-order valence-electron chi connectivity index (χ1n) is 8.97. The van der Waals surface area contributed by atoms with Gasteiger partial charge in [-0.05, 0) is 38.0 Å². The molecular weight excluding hydrogens is 304 g/mol. The van der Waals surface area contributed by atoms with Gasteiger partial charge in [0.15, 0.2) is 0 Å². The Balaban J connectivity index is 2.03. The van der Waals surface area contributed by atoms with Crippen molar-refractivity contribution in [3.63, 3.8) is 0 Å². The number of carbonyl (C=O) groups excluding carboxylic acids is 1. The fraction of sp³-hybridized carbons (Fsp3) is 0.632. The smallest absolute Gasteiger partial charge is 0.223 e. The molecule has 0 bridgehead atoms. The Labute approximate surface area is 145 Å². The van der Waals surface area contributed by atoms with E-state index in [9.17, 15) is 4.79 Å². The van der Waals surface area contributed by atoms with E-state index in [-0.39, 0.29) is 5.37 Å². The molecule has 1 atom stereocenters. The van der Waals surface area contributed by atoms with E-state index >= 15 is 0 Å². The summed E-state index contributed by atoms with van der Waals surface area (Å²) in [6.45, 7) is 9.47. The van der Waals surface area contributed by atoms with E-state index in [0.29, 0.717) is 12.3 Å². The van der Waals surface area contributed by atoms with E-state index in [4.69, 9.17) is 0 Å². The lowest BCUT2D eigenvalue weighted by Crippen LogP contribution is -2.30. The van der Waals surface area contributed by atoms with Crippen LogP contribution >= 0.6 is 11.8 Å². The Kier molecular flexibility index (Phi) is 7.28. The molecule has 1 fully saturated rings. The number of anilines is 1. The molecule has 0 aromatic heterocycles. The monoisotopic (exact) mass is 334 g/mol. The van der Waals surface area contributed by atoms with Crippen molar-refractivity contribution in [1.82, 2.24) is 4.90 Å². The molecule has 2 rings (SSSR count). The third-order valence-corrected chi connectivity index (χ3v) is 5.77. The summed E-state index contributed by atoms with van der Waals surface area (Å²) in [4.78, 5) is 16.9. The average Bonchev–Trinajstić information content (AvgIpc) is 3.06. The highest BCUT2D eigenvalue weighted by molar-refractivity contribution is 7.99. The molecule has 0 N–H and O–H groups in total. The number of amides is 1. The zero-order valence-corrected chi connectivity index (χ0v) is 15.6. The van der Waals surface area contributed by atoms with Gasteiger partial charge in [0, 0.05) is 37.5 Å². The molecule has 0 radical (unpaired) electrons. The SMILES string of the molecule is CCCCCC(=O)N1CCSC1c1ccc(N(CC)CC)cc1. The summed E-state index contributed by atoms with van der Waals surface area (Å²) in [6.07, 6.45) is 4.03. The van der Waals surface area contributed by atoms with E-state index in [2.05, 4.69) is 54.8 Å². The summed E-state index contributed by atoms with van der Waals surface area (Å²) in [7, 11) is 0. The molecule has 23 heavy (non-hydrogen) atoms. The summed E-state index contributed by atoms with van der Waals surface area (Å²) >= 11 is 1.89. The summed E-state index contributed by atoms with van der Waals surface area (Å²) in [6, 6.07) is 8.79. The van der Waals surface area contributed by atoms with Crippen LogP contribution in [0, 0.1) is 0 Å². The van der Waals surface area contributed by atoms with Gasteiger partial charge in [0.1, 0.15) is 5.37 Å². The van der Waals surface area contributed by atoms with Crippen LogP contribution in [0.3, 0.4) is 0 Å². The van der Waals surface area contributed by atoms with Gasteiger partial charge in [0.25, 0.3) is 0 Å². The number of thioether (sulfide) groups is 1. The van der Waals surface area contributed by atoms with Gasteiger partial charge in [-0.1, -0.05) is 31.9 Å². The van der Waals surface area contributed by atoms with Crippen LogP contribution in [0.1, 0.15) is 57.4 Å². The van der Waals surface area contributed by atoms with Crippen molar-refractivity contribution in [3.8, 4) is 0 Å². The van der Waals surface area contributed by atoms with Crippen LogP contribution < -0.4 is 4.90 Å². The first-order valence-corrected chi connectivity index (χ1v) is 10.0. The predicted octanol–water partition coefficient (Wildman–Crippen LogP) is 4.69. The number of benzene rings is 1. The molecule has 1 aliphatic heterocycles. The van der Waals surface area contributed by atoms with Gasteiger partial charge in [-0.3, -0.25) is 4.79 Å². The minimum atomic E-state index is 0.204. The van der Waals surface area contributed by atoms with E-state index in [1.54, 1.807) is 0 Å². The predicted molar refractivity (Wildman–Crippen MR) is 101 cm³/mol. The standard InChI is InChI=1S/C19H30N2OS/c1-4-7-8-9-18(22)21-14-15-23-19(21)16-10-12-17(13-11-16)20(5-2)6-3/h10-13,19H,4-9,14-15H2,1-3H3. The maximum absolute atomic E-state index is 12.5. The van der Waals surface area contributed by atoms with Crippen molar-refractivity contribution < 1.29 is 4.79 Å². The molecule has 0 saturated carbocycles. The maximum Gasteiger partial charge on any atom is 0.223 e. The van der Waals surface area contributed by atoms with Gasteiger partial charge in [-0.15, -0.1) is 11.8 Å². The van der Waals surface area contributed by atoms with E-state index < -0.39 is 0 Å². The highest BCUT2D eigenvalue weighted by atomic mass is 32.2. The number of nitrogens with zero attached hydrogens (tertiary/aromatic N) is 2. The Bertz CT molecular complexity index is 485. The molecule has 1 amide bonds. The second kappa shape index (κ2) is 9.21. The molecule has 1 heterocycles. The van der Waals surface area contributed by atoms with Crippen molar-refractivity contribution in [2.24, 2.45) is 0 Å². The lowest BCUT2D eigenvalue weighted by Gasteiger charge is -2.26. The quantitative estimate of drug-likeness (QED) is 0.645. The summed E-state index contributed by atoms with van der Waals surface area (Å²) in [5.74, 6) is 1.36. The number of hydrogen-bond donors (Lipinski definition) is 0. The van der Waals surface area contributed by atoms with Gasteiger partial charge in [-0.25, -0.2) is 0 Å². The molecule has 1 aliphatic rings. The van der Waals surface area contributed by atoms with Crippen LogP contribution in [0.25, 0.3) is 0 Å². The van der Waals surface area contributed by atoms with Gasteiger partial charge in [0.05, 0.1) is 0 Å². The van der Waals surface area contributed by atoms with Crippen LogP contribution in [0.15, 0.2) is 24.3 Å². The minimum absolute atomic E-state index is 0.204. The average molecular weight is 335 g/mol. The van der Waals surface area contributed by atoms with Crippen molar-refractivity contribution in [2.45, 2.75) is 51.8 Å². The number of carbonyl (C=O) groups is 1. The topological polar surface area (TPSA) is 23.6 Å². The largest absolute Gasteiger partial charge is 0.372 e. The summed E-state index contributed by atoms with van der Waals surface area (Å²) in [5, 5.41) is 0.204. The second-order valence-corrected chi connectivity index (χ2v) is 7.22. The highest BCUT2D eigenvalue weighted by Crippen LogP contribution is 2.38.